The number of likely N-dealkylation sites (N-methyl/N-ethyl adjacent to an activating group) is 1. The molecule has 0 bridgehead atoms. The first kappa shape index (κ1) is 51.0. The fourth-order valence-electron chi connectivity index (χ4n) is 7.86. The third-order valence-electron chi connectivity index (χ3n) is 10.2. The molecular weight excluding hydrogens is 663 g/mol. The van der Waals surface area contributed by atoms with Gasteiger partial charge in [-0.25, -0.2) is 0 Å². The SMILES string of the molecule is CC(C)CN(C)Cc1ccccc1.CC(C)CN1CCCCC1.CC(C)CN1CCCCC1.CC(C)CN1CCN(C)CC1.CC(C)CN1CCNCC1. The van der Waals surface area contributed by atoms with Gasteiger partial charge in [-0.15, -0.1) is 0 Å². The van der Waals surface area contributed by atoms with Gasteiger partial charge in [-0.2, -0.15) is 0 Å². The molecular formula is C47H95N7. The van der Waals surface area contributed by atoms with Gasteiger partial charge >= 0.3 is 0 Å². The number of nitrogens with zero attached hydrogens (tertiary/aromatic N) is 6. The van der Waals surface area contributed by atoms with Gasteiger partial charge < -0.3 is 34.7 Å². The largest absolute Gasteiger partial charge is 0.314 e. The normalized spacial score (nSPS) is 19.5. The summed E-state index contributed by atoms with van der Waals surface area (Å²) >= 11 is 0. The van der Waals surface area contributed by atoms with Crippen LogP contribution in [-0.4, -0.2) is 155 Å². The summed E-state index contributed by atoms with van der Waals surface area (Å²) in [5.74, 6) is 4.07. The van der Waals surface area contributed by atoms with Gasteiger partial charge in [0.2, 0.25) is 0 Å². The lowest BCUT2D eigenvalue weighted by Crippen LogP contribution is -2.45. The first-order chi connectivity index (χ1) is 25.7. The topological polar surface area (TPSA) is 31.5 Å². The van der Waals surface area contributed by atoms with Crippen LogP contribution < -0.4 is 5.32 Å². The number of hydrogen-bond donors (Lipinski definition) is 1. The van der Waals surface area contributed by atoms with Gasteiger partial charge in [0.1, 0.15) is 0 Å². The summed E-state index contributed by atoms with van der Waals surface area (Å²) in [7, 11) is 4.37. The molecule has 4 heterocycles. The Hall–Kier alpha value is -1.06. The molecule has 0 aromatic heterocycles. The molecule has 1 aromatic carbocycles. The van der Waals surface area contributed by atoms with Crippen LogP contribution in [0.15, 0.2) is 30.3 Å². The minimum Gasteiger partial charge on any atom is -0.314 e. The van der Waals surface area contributed by atoms with E-state index in [1.807, 2.05) is 0 Å². The molecule has 4 saturated heterocycles. The molecule has 0 saturated carbocycles. The molecule has 0 atom stereocenters. The average molecular weight is 758 g/mol. The van der Waals surface area contributed by atoms with E-state index in [4.69, 9.17) is 0 Å². The standard InChI is InChI=1S/C12H19N.C9H20N2.2C9H19N.C8H18N2/c1-11(2)9-13(3)10-12-7-5-4-6-8-12;1-9(2)8-11-6-4-10(3)5-7-11;2*1-9(2)8-10-6-4-3-5-7-10;1-8(2)7-10-5-3-9-4-6-10/h4-8,11H,9-10H2,1-3H3;9H,4-8H2,1-3H3;2*9H,3-8H2,1-2H3;8-9H,3-7H2,1-2H3. The first-order valence-electron chi connectivity index (χ1n) is 22.7. The van der Waals surface area contributed by atoms with E-state index in [-0.39, 0.29) is 0 Å². The van der Waals surface area contributed by atoms with Crippen molar-refractivity contribution in [2.75, 3.05) is 125 Å². The number of benzene rings is 1. The predicted octanol–water partition coefficient (Wildman–Crippen LogP) is 8.47. The highest BCUT2D eigenvalue weighted by Gasteiger charge is 2.14. The number of piperazine rings is 2. The monoisotopic (exact) mass is 758 g/mol. The summed E-state index contributed by atoms with van der Waals surface area (Å²) in [4.78, 5) is 15.0. The van der Waals surface area contributed by atoms with E-state index < -0.39 is 0 Å². The van der Waals surface area contributed by atoms with Crippen molar-refractivity contribution in [1.82, 2.24) is 34.7 Å². The number of likely N-dealkylation sites (tertiary alicyclic amines) is 2. The second-order valence-electron chi connectivity index (χ2n) is 19.0. The van der Waals surface area contributed by atoms with Crippen molar-refractivity contribution in [3.05, 3.63) is 35.9 Å². The summed E-state index contributed by atoms with van der Waals surface area (Å²) in [6, 6.07) is 10.6. The van der Waals surface area contributed by atoms with Crippen LogP contribution >= 0.6 is 0 Å². The number of piperidine rings is 2. The molecule has 1 N–H and O–H groups in total. The van der Waals surface area contributed by atoms with E-state index in [0.717, 1.165) is 42.7 Å². The lowest BCUT2D eigenvalue weighted by atomic mass is 10.1. The fourth-order valence-corrected chi connectivity index (χ4v) is 7.86. The molecule has 7 nitrogen and oxygen atoms in total. The lowest BCUT2D eigenvalue weighted by molar-refractivity contribution is 0.141. The number of hydrogen-bond acceptors (Lipinski definition) is 7. The Bertz CT molecular complexity index is 870. The zero-order valence-electron chi connectivity index (χ0n) is 38.4. The van der Waals surface area contributed by atoms with E-state index in [2.05, 4.69) is 148 Å². The molecule has 0 spiro atoms. The van der Waals surface area contributed by atoms with Crippen molar-refractivity contribution in [2.45, 2.75) is 114 Å². The van der Waals surface area contributed by atoms with E-state index >= 15 is 0 Å². The lowest BCUT2D eigenvalue weighted by Gasteiger charge is -2.33. The van der Waals surface area contributed by atoms with Gasteiger partial charge in [0.05, 0.1) is 0 Å². The summed E-state index contributed by atoms with van der Waals surface area (Å²) in [6.45, 7) is 45.4. The average Bonchev–Trinajstić information content (AvgIpc) is 3.11. The number of rotatable bonds is 12. The van der Waals surface area contributed by atoms with Crippen LogP contribution in [0.1, 0.15) is 113 Å². The Kier molecular flexibility index (Phi) is 30.2. The molecule has 4 fully saturated rings. The molecule has 5 rings (SSSR count). The summed E-state index contributed by atoms with van der Waals surface area (Å²) in [6.07, 6.45) is 8.60. The minimum atomic E-state index is 0.744. The zero-order valence-corrected chi connectivity index (χ0v) is 38.4. The van der Waals surface area contributed by atoms with Crippen LogP contribution in [0, 0.1) is 29.6 Å². The van der Waals surface area contributed by atoms with E-state index in [9.17, 15) is 0 Å². The van der Waals surface area contributed by atoms with Gasteiger partial charge in [0.25, 0.3) is 0 Å². The third-order valence-corrected chi connectivity index (χ3v) is 10.2. The highest BCUT2D eigenvalue weighted by molar-refractivity contribution is 5.14. The van der Waals surface area contributed by atoms with Crippen molar-refractivity contribution >= 4 is 0 Å². The highest BCUT2D eigenvalue weighted by Crippen LogP contribution is 2.11. The van der Waals surface area contributed by atoms with E-state index in [1.165, 1.54) is 149 Å². The zero-order chi connectivity index (χ0) is 40.1. The van der Waals surface area contributed by atoms with Gasteiger partial charge in [0, 0.05) is 91.6 Å². The summed E-state index contributed by atoms with van der Waals surface area (Å²) in [5.41, 5.74) is 1.39. The fraction of sp³-hybridized carbons (Fsp3) is 0.872. The van der Waals surface area contributed by atoms with Crippen molar-refractivity contribution in [3.8, 4) is 0 Å². The quantitative estimate of drug-likeness (QED) is 0.229. The van der Waals surface area contributed by atoms with E-state index in [0.29, 0.717) is 0 Å². The Labute approximate surface area is 339 Å². The molecule has 0 aliphatic carbocycles. The smallest absolute Gasteiger partial charge is 0.0230 e. The molecule has 318 valence electrons. The Morgan fingerprint density at radius 3 is 1.22 bits per heavy atom. The summed E-state index contributed by atoms with van der Waals surface area (Å²) in [5, 5.41) is 3.35. The van der Waals surface area contributed by atoms with E-state index in [1.54, 1.807) is 0 Å². The highest BCUT2D eigenvalue weighted by atomic mass is 15.2. The molecule has 54 heavy (non-hydrogen) atoms. The second kappa shape index (κ2) is 32.0. The van der Waals surface area contributed by atoms with Crippen molar-refractivity contribution < 1.29 is 0 Å². The second-order valence-corrected chi connectivity index (χ2v) is 19.0. The van der Waals surface area contributed by atoms with Gasteiger partial charge in [-0.1, -0.05) is 112 Å². The molecule has 4 aliphatic heterocycles. The van der Waals surface area contributed by atoms with Gasteiger partial charge in [-0.05, 0) is 101 Å². The minimum absolute atomic E-state index is 0.744. The van der Waals surface area contributed by atoms with Gasteiger partial charge in [-0.3, -0.25) is 0 Å². The summed E-state index contributed by atoms with van der Waals surface area (Å²) < 4.78 is 0. The molecule has 4 aliphatic rings. The van der Waals surface area contributed by atoms with Crippen LogP contribution in [0.25, 0.3) is 0 Å². The Morgan fingerprint density at radius 2 is 0.852 bits per heavy atom. The van der Waals surface area contributed by atoms with Gasteiger partial charge in [0.15, 0.2) is 0 Å². The van der Waals surface area contributed by atoms with Crippen molar-refractivity contribution in [3.63, 3.8) is 0 Å². The van der Waals surface area contributed by atoms with Crippen LogP contribution in [0.2, 0.25) is 0 Å². The van der Waals surface area contributed by atoms with Crippen molar-refractivity contribution in [2.24, 2.45) is 29.6 Å². The maximum atomic E-state index is 3.35. The van der Waals surface area contributed by atoms with Crippen LogP contribution in [-0.2, 0) is 6.54 Å². The van der Waals surface area contributed by atoms with Crippen LogP contribution in [0.4, 0.5) is 0 Å². The molecule has 0 unspecified atom stereocenters. The molecule has 0 amide bonds. The molecule has 7 heteroatoms. The molecule has 0 radical (unpaired) electrons. The maximum absolute atomic E-state index is 3.35. The van der Waals surface area contributed by atoms with Crippen LogP contribution in [0.3, 0.4) is 0 Å². The predicted molar refractivity (Wildman–Crippen MR) is 241 cm³/mol. The molecule has 1 aromatic rings. The maximum Gasteiger partial charge on any atom is 0.0230 e. The Morgan fingerprint density at radius 1 is 0.481 bits per heavy atom. The number of nitrogens with one attached hydrogen (secondary N) is 1. The Balaban J connectivity index is 0.000000339. The van der Waals surface area contributed by atoms with Crippen molar-refractivity contribution in [1.29, 1.82) is 0 Å². The van der Waals surface area contributed by atoms with Crippen LogP contribution in [0.5, 0.6) is 0 Å². The third kappa shape index (κ3) is 30.1. The first-order valence-corrected chi connectivity index (χ1v) is 22.7.